The topological polar surface area (TPSA) is 129 Å². The fourth-order valence-electron chi connectivity index (χ4n) is 3.42. The van der Waals surface area contributed by atoms with Gasteiger partial charge in [0.05, 0.1) is 12.9 Å². The first-order chi connectivity index (χ1) is 12.6. The summed E-state index contributed by atoms with van der Waals surface area (Å²) in [5, 5.41) is 31.7. The van der Waals surface area contributed by atoms with E-state index in [1.165, 1.54) is 12.7 Å². The highest BCUT2D eigenvalue weighted by molar-refractivity contribution is 14.1. The van der Waals surface area contributed by atoms with Gasteiger partial charge in [0, 0.05) is 35.7 Å². The van der Waals surface area contributed by atoms with Crippen molar-refractivity contribution in [2.24, 2.45) is 0 Å². The maximum absolute atomic E-state index is 10.3. The predicted octanol–water partition coefficient (Wildman–Crippen LogP) is -0.145. The van der Waals surface area contributed by atoms with Gasteiger partial charge >= 0.3 is 0 Å². The molecule has 0 saturated carbocycles. The number of piperidine rings is 1. The molecule has 0 bridgehead atoms. The average Bonchev–Trinajstić information content (AvgIpc) is 3.17. The van der Waals surface area contributed by atoms with E-state index in [4.69, 9.17) is 4.74 Å². The number of fused-ring (bicyclic) bond motifs is 1. The molecule has 142 valence electrons. The van der Waals surface area contributed by atoms with Gasteiger partial charge in [-0.3, -0.25) is 4.57 Å². The number of aliphatic hydroxyl groups is 3. The second kappa shape index (κ2) is 7.48. The number of ether oxygens (including phenoxy) is 1. The predicted molar refractivity (Wildman–Crippen MR) is 100 cm³/mol. The Morgan fingerprint density at radius 1 is 1.19 bits per heavy atom. The smallest absolute Gasteiger partial charge is 0.194 e. The van der Waals surface area contributed by atoms with Crippen LogP contribution in [0.15, 0.2) is 6.33 Å². The summed E-state index contributed by atoms with van der Waals surface area (Å²) in [6.45, 7) is 1.50. The molecule has 4 N–H and O–H groups in total. The summed E-state index contributed by atoms with van der Waals surface area (Å²) in [7, 11) is 0. The number of aromatic nitrogens is 4. The molecule has 2 saturated heterocycles. The molecule has 11 heteroatoms. The minimum absolute atomic E-state index is 0.379. The van der Waals surface area contributed by atoms with Crippen LogP contribution in [0.5, 0.6) is 0 Å². The second-order valence-electron chi connectivity index (χ2n) is 6.55. The van der Waals surface area contributed by atoms with Crippen molar-refractivity contribution in [3.63, 3.8) is 0 Å². The van der Waals surface area contributed by atoms with E-state index in [-0.39, 0.29) is 6.61 Å². The maximum atomic E-state index is 10.3. The zero-order valence-corrected chi connectivity index (χ0v) is 16.2. The second-order valence-corrected chi connectivity index (χ2v) is 7.52. The van der Waals surface area contributed by atoms with Crippen molar-refractivity contribution in [3.05, 3.63) is 10.2 Å². The SMILES string of the molecule is OC[C@H]1OC(n2cnc3c(NN4CCCCC4)nc(I)nc32)[C@H](O)[C@@H]1O. The van der Waals surface area contributed by atoms with Crippen molar-refractivity contribution >= 4 is 39.6 Å². The van der Waals surface area contributed by atoms with Crippen LogP contribution in [-0.4, -0.2) is 77.9 Å². The number of rotatable bonds is 4. The molecule has 0 aromatic carbocycles. The summed E-state index contributed by atoms with van der Waals surface area (Å²) >= 11 is 2.03. The summed E-state index contributed by atoms with van der Waals surface area (Å²) in [6, 6.07) is 0. The van der Waals surface area contributed by atoms with E-state index in [2.05, 4.69) is 25.4 Å². The Kier molecular flexibility index (Phi) is 5.25. The number of imidazole rings is 1. The minimum atomic E-state index is -1.18. The lowest BCUT2D eigenvalue weighted by Gasteiger charge is -2.27. The number of anilines is 1. The van der Waals surface area contributed by atoms with Crippen LogP contribution in [0.2, 0.25) is 0 Å². The number of aliphatic hydroxyl groups excluding tert-OH is 3. The normalized spacial score (nSPS) is 30.2. The third kappa shape index (κ3) is 3.27. The number of hydrogen-bond donors (Lipinski definition) is 4. The van der Waals surface area contributed by atoms with E-state index in [1.807, 2.05) is 22.6 Å². The fourth-order valence-corrected chi connectivity index (χ4v) is 3.89. The summed E-state index contributed by atoms with van der Waals surface area (Å²) < 4.78 is 7.70. The largest absolute Gasteiger partial charge is 0.394 e. The molecule has 26 heavy (non-hydrogen) atoms. The number of nitrogens with one attached hydrogen (secondary N) is 1. The van der Waals surface area contributed by atoms with Crippen LogP contribution >= 0.6 is 22.6 Å². The van der Waals surface area contributed by atoms with Crippen LogP contribution in [0.4, 0.5) is 5.82 Å². The molecule has 2 aliphatic heterocycles. The highest BCUT2D eigenvalue weighted by atomic mass is 127. The molecule has 4 heterocycles. The number of halogens is 1. The molecule has 2 fully saturated rings. The standard InChI is InChI=1S/C15H21IN6O4/c16-15-18-12(20-21-4-2-1-3-5-21)9-13(19-15)22(7-17-9)14-11(25)10(24)8(6-23)26-14/h7-8,10-11,14,23-25H,1-6H2,(H,18,19,20)/t8-,10-,11-,14?/m1/s1. The summed E-state index contributed by atoms with van der Waals surface area (Å²) in [6.07, 6.45) is 0.932. The average molecular weight is 476 g/mol. The first-order valence-electron chi connectivity index (χ1n) is 8.62. The Morgan fingerprint density at radius 2 is 1.96 bits per heavy atom. The number of hydrazine groups is 1. The molecular formula is C15H21IN6O4. The fraction of sp³-hybridized carbons (Fsp3) is 0.667. The van der Waals surface area contributed by atoms with E-state index < -0.39 is 24.5 Å². The van der Waals surface area contributed by atoms with Gasteiger partial charge in [-0.2, -0.15) is 0 Å². The van der Waals surface area contributed by atoms with Crippen molar-refractivity contribution in [1.82, 2.24) is 24.5 Å². The van der Waals surface area contributed by atoms with E-state index >= 15 is 0 Å². The molecule has 0 amide bonds. The summed E-state index contributed by atoms with van der Waals surface area (Å²) in [4.78, 5) is 13.3. The summed E-state index contributed by atoms with van der Waals surface area (Å²) in [5.74, 6) is 0.604. The number of hydrogen-bond acceptors (Lipinski definition) is 9. The quantitative estimate of drug-likeness (QED) is 0.352. The van der Waals surface area contributed by atoms with Crippen molar-refractivity contribution in [3.8, 4) is 0 Å². The van der Waals surface area contributed by atoms with Crippen LogP contribution in [0.1, 0.15) is 25.5 Å². The maximum Gasteiger partial charge on any atom is 0.194 e. The summed E-state index contributed by atoms with van der Waals surface area (Å²) in [5.41, 5.74) is 4.38. The lowest BCUT2D eigenvalue weighted by molar-refractivity contribution is -0.0511. The minimum Gasteiger partial charge on any atom is -0.394 e. The van der Waals surface area contributed by atoms with Crippen LogP contribution in [-0.2, 0) is 4.74 Å². The lowest BCUT2D eigenvalue weighted by Crippen LogP contribution is -2.35. The van der Waals surface area contributed by atoms with Gasteiger partial charge in [-0.05, 0) is 12.8 Å². The van der Waals surface area contributed by atoms with Gasteiger partial charge in [0.15, 0.2) is 27.0 Å². The van der Waals surface area contributed by atoms with Crippen molar-refractivity contribution in [2.75, 3.05) is 25.1 Å². The molecule has 1 unspecified atom stereocenters. The third-order valence-corrected chi connectivity index (χ3v) is 5.29. The van der Waals surface area contributed by atoms with E-state index in [0.717, 1.165) is 25.9 Å². The molecule has 2 aromatic rings. The zero-order valence-electron chi connectivity index (χ0n) is 14.0. The number of nitrogens with zero attached hydrogens (tertiary/aromatic N) is 5. The zero-order chi connectivity index (χ0) is 18.3. The molecule has 4 atom stereocenters. The van der Waals surface area contributed by atoms with Crippen LogP contribution in [0.3, 0.4) is 0 Å². The third-order valence-electron chi connectivity index (χ3n) is 4.81. The van der Waals surface area contributed by atoms with Gasteiger partial charge < -0.3 is 25.5 Å². The molecule has 10 nitrogen and oxygen atoms in total. The molecule has 0 spiro atoms. The van der Waals surface area contributed by atoms with Gasteiger partial charge in [0.2, 0.25) is 0 Å². The molecular weight excluding hydrogens is 455 g/mol. The highest BCUT2D eigenvalue weighted by Crippen LogP contribution is 2.32. The molecule has 4 rings (SSSR count). The Bertz CT molecular complexity index is 783. The van der Waals surface area contributed by atoms with Crippen molar-refractivity contribution in [2.45, 2.75) is 43.8 Å². The first-order valence-corrected chi connectivity index (χ1v) is 9.70. The monoisotopic (exact) mass is 476 g/mol. The van der Waals surface area contributed by atoms with Gasteiger partial charge in [-0.15, -0.1) is 0 Å². The van der Waals surface area contributed by atoms with Crippen molar-refractivity contribution in [1.29, 1.82) is 0 Å². The molecule has 0 radical (unpaired) electrons. The van der Waals surface area contributed by atoms with Crippen LogP contribution in [0, 0.1) is 3.83 Å². The van der Waals surface area contributed by atoms with E-state index in [0.29, 0.717) is 20.8 Å². The van der Waals surface area contributed by atoms with E-state index in [1.54, 1.807) is 4.57 Å². The van der Waals surface area contributed by atoms with Gasteiger partial charge in [0.1, 0.15) is 18.3 Å². The lowest BCUT2D eigenvalue weighted by atomic mass is 10.1. The van der Waals surface area contributed by atoms with E-state index in [9.17, 15) is 15.3 Å². The molecule has 0 aliphatic carbocycles. The van der Waals surface area contributed by atoms with Gasteiger partial charge in [0.25, 0.3) is 0 Å². The van der Waals surface area contributed by atoms with Crippen LogP contribution in [0.25, 0.3) is 11.2 Å². The van der Waals surface area contributed by atoms with Crippen LogP contribution < -0.4 is 5.43 Å². The highest BCUT2D eigenvalue weighted by Gasteiger charge is 2.44. The van der Waals surface area contributed by atoms with Gasteiger partial charge in [-0.1, -0.05) is 6.42 Å². The van der Waals surface area contributed by atoms with Gasteiger partial charge in [-0.25, -0.2) is 20.0 Å². The Labute approximate surface area is 163 Å². The molecule has 2 aliphatic rings. The molecule has 2 aromatic heterocycles. The Morgan fingerprint density at radius 3 is 2.65 bits per heavy atom. The Hall–Kier alpha value is -1.12. The Balaban J connectivity index is 1.67. The van der Waals surface area contributed by atoms with Crippen molar-refractivity contribution < 1.29 is 20.1 Å². The first kappa shape index (κ1) is 18.3.